The van der Waals surface area contributed by atoms with Crippen LogP contribution in [0.15, 0.2) is 24.3 Å². The van der Waals surface area contributed by atoms with Crippen molar-refractivity contribution in [3.63, 3.8) is 0 Å². The summed E-state index contributed by atoms with van der Waals surface area (Å²) in [6.45, 7) is 3.35. The lowest BCUT2D eigenvalue weighted by Gasteiger charge is -2.30. The molecule has 1 aromatic rings. The summed E-state index contributed by atoms with van der Waals surface area (Å²) in [6, 6.07) is 7.66. The maximum Gasteiger partial charge on any atom is 0.225 e. The van der Waals surface area contributed by atoms with Gasteiger partial charge >= 0.3 is 0 Å². The quantitative estimate of drug-likeness (QED) is 0.835. The number of anilines is 1. The Hall–Kier alpha value is -1.43. The molecular formula is C16H25N3O2. The number of carbonyl (C=O) groups is 1. The fraction of sp³-hybridized carbons (Fsp3) is 0.562. The molecule has 116 valence electrons. The van der Waals surface area contributed by atoms with Gasteiger partial charge in [0.15, 0.2) is 0 Å². The number of hydrogen-bond acceptors (Lipinski definition) is 4. The molecular weight excluding hydrogens is 266 g/mol. The number of methoxy groups -OCH3 is 1. The Morgan fingerprint density at radius 1 is 1.33 bits per heavy atom. The number of rotatable bonds is 6. The summed E-state index contributed by atoms with van der Waals surface area (Å²) in [5, 5.41) is 2.92. The van der Waals surface area contributed by atoms with Crippen LogP contribution in [-0.4, -0.2) is 43.7 Å². The SMILES string of the molecule is COC1CCN(CCC(=O)Nc2ccc(CN)cc2)CC1. The predicted octanol–water partition coefficient (Wildman–Crippen LogP) is 1.58. The average molecular weight is 291 g/mol. The van der Waals surface area contributed by atoms with Crippen molar-refractivity contribution in [2.75, 3.05) is 32.1 Å². The van der Waals surface area contributed by atoms with Crippen molar-refractivity contribution in [1.29, 1.82) is 0 Å². The van der Waals surface area contributed by atoms with Crippen LogP contribution in [0.4, 0.5) is 5.69 Å². The first-order valence-electron chi connectivity index (χ1n) is 7.55. The molecule has 1 aliphatic heterocycles. The summed E-state index contributed by atoms with van der Waals surface area (Å²) in [5.74, 6) is 0.0596. The molecule has 5 nitrogen and oxygen atoms in total. The van der Waals surface area contributed by atoms with Gasteiger partial charge in [0, 0.05) is 45.4 Å². The fourth-order valence-corrected chi connectivity index (χ4v) is 2.58. The van der Waals surface area contributed by atoms with Gasteiger partial charge in [0.05, 0.1) is 6.10 Å². The second kappa shape index (κ2) is 8.12. The van der Waals surface area contributed by atoms with Crippen molar-refractivity contribution >= 4 is 11.6 Å². The van der Waals surface area contributed by atoms with Crippen molar-refractivity contribution in [2.45, 2.75) is 31.9 Å². The maximum absolute atomic E-state index is 11.9. The standard InChI is InChI=1S/C16H25N3O2/c1-21-15-6-9-19(10-7-15)11-8-16(20)18-14-4-2-13(12-17)3-5-14/h2-5,15H,6-12,17H2,1H3,(H,18,20). The minimum Gasteiger partial charge on any atom is -0.381 e. The Labute approximate surface area is 126 Å². The van der Waals surface area contributed by atoms with E-state index in [1.54, 1.807) is 7.11 Å². The van der Waals surface area contributed by atoms with Crippen LogP contribution in [0, 0.1) is 0 Å². The van der Waals surface area contributed by atoms with Crippen molar-refractivity contribution in [3.8, 4) is 0 Å². The van der Waals surface area contributed by atoms with Crippen molar-refractivity contribution in [3.05, 3.63) is 29.8 Å². The number of piperidine rings is 1. The average Bonchev–Trinajstić information content (AvgIpc) is 2.54. The van der Waals surface area contributed by atoms with E-state index in [0.717, 1.165) is 43.7 Å². The lowest BCUT2D eigenvalue weighted by Crippen LogP contribution is -2.38. The van der Waals surface area contributed by atoms with E-state index in [-0.39, 0.29) is 5.91 Å². The van der Waals surface area contributed by atoms with Crippen LogP contribution >= 0.6 is 0 Å². The van der Waals surface area contributed by atoms with Gasteiger partial charge in [-0.15, -0.1) is 0 Å². The van der Waals surface area contributed by atoms with Crippen molar-refractivity contribution < 1.29 is 9.53 Å². The maximum atomic E-state index is 11.9. The first kappa shape index (κ1) is 15.9. The van der Waals surface area contributed by atoms with Crippen LogP contribution < -0.4 is 11.1 Å². The number of nitrogens with zero attached hydrogens (tertiary/aromatic N) is 1. The van der Waals surface area contributed by atoms with Gasteiger partial charge in [-0.25, -0.2) is 0 Å². The van der Waals surface area contributed by atoms with E-state index < -0.39 is 0 Å². The van der Waals surface area contributed by atoms with E-state index in [9.17, 15) is 4.79 Å². The van der Waals surface area contributed by atoms with Gasteiger partial charge in [-0.1, -0.05) is 12.1 Å². The van der Waals surface area contributed by atoms with Crippen LogP contribution in [0.1, 0.15) is 24.8 Å². The summed E-state index contributed by atoms with van der Waals surface area (Å²) in [4.78, 5) is 14.3. The number of hydrogen-bond donors (Lipinski definition) is 2. The van der Waals surface area contributed by atoms with Crippen LogP contribution in [0.2, 0.25) is 0 Å². The fourth-order valence-electron chi connectivity index (χ4n) is 2.58. The van der Waals surface area contributed by atoms with Gasteiger partial charge in [0.1, 0.15) is 0 Å². The largest absolute Gasteiger partial charge is 0.381 e. The lowest BCUT2D eigenvalue weighted by molar-refractivity contribution is -0.116. The van der Waals surface area contributed by atoms with Gasteiger partial charge in [0.2, 0.25) is 5.91 Å². The van der Waals surface area contributed by atoms with Gasteiger partial charge in [0.25, 0.3) is 0 Å². The van der Waals surface area contributed by atoms with E-state index >= 15 is 0 Å². The lowest BCUT2D eigenvalue weighted by atomic mass is 10.1. The Bertz CT molecular complexity index is 439. The highest BCUT2D eigenvalue weighted by Gasteiger charge is 2.18. The molecule has 0 spiro atoms. The van der Waals surface area contributed by atoms with E-state index in [4.69, 9.17) is 10.5 Å². The van der Waals surface area contributed by atoms with Gasteiger partial charge in [-0.3, -0.25) is 4.79 Å². The molecule has 0 radical (unpaired) electrons. The summed E-state index contributed by atoms with van der Waals surface area (Å²) >= 11 is 0. The molecule has 1 saturated heterocycles. The number of nitrogens with two attached hydrogens (primary N) is 1. The summed E-state index contributed by atoms with van der Waals surface area (Å²) < 4.78 is 5.35. The summed E-state index contributed by atoms with van der Waals surface area (Å²) in [7, 11) is 1.77. The molecule has 1 aliphatic rings. The minimum atomic E-state index is 0.0596. The third kappa shape index (κ3) is 5.12. The Morgan fingerprint density at radius 2 is 2.00 bits per heavy atom. The first-order valence-corrected chi connectivity index (χ1v) is 7.55. The molecule has 0 saturated carbocycles. The normalized spacial score (nSPS) is 16.9. The Balaban J connectivity index is 1.69. The first-order chi connectivity index (χ1) is 10.2. The van der Waals surface area contributed by atoms with Gasteiger partial charge in [-0.2, -0.15) is 0 Å². The molecule has 1 amide bonds. The van der Waals surface area contributed by atoms with Crippen molar-refractivity contribution in [1.82, 2.24) is 4.90 Å². The molecule has 0 unspecified atom stereocenters. The molecule has 1 aromatic carbocycles. The monoisotopic (exact) mass is 291 g/mol. The second-order valence-corrected chi connectivity index (χ2v) is 5.48. The third-order valence-electron chi connectivity index (χ3n) is 4.00. The summed E-state index contributed by atoms with van der Waals surface area (Å²) in [6.07, 6.45) is 3.02. The summed E-state index contributed by atoms with van der Waals surface area (Å²) in [5.41, 5.74) is 7.44. The van der Waals surface area contributed by atoms with Crippen LogP contribution in [0.25, 0.3) is 0 Å². The number of amides is 1. The van der Waals surface area contributed by atoms with Crippen molar-refractivity contribution in [2.24, 2.45) is 5.73 Å². The number of benzene rings is 1. The molecule has 5 heteroatoms. The number of ether oxygens (including phenoxy) is 1. The van der Waals surface area contributed by atoms with Gasteiger partial charge < -0.3 is 20.7 Å². The zero-order valence-electron chi connectivity index (χ0n) is 12.7. The smallest absolute Gasteiger partial charge is 0.225 e. The molecule has 0 bridgehead atoms. The van der Waals surface area contributed by atoms with E-state index in [2.05, 4.69) is 10.2 Å². The molecule has 0 aliphatic carbocycles. The number of carbonyl (C=O) groups excluding carboxylic acids is 1. The van der Waals surface area contributed by atoms with Crippen LogP contribution in [0.5, 0.6) is 0 Å². The van der Waals surface area contributed by atoms with Crippen LogP contribution in [0.3, 0.4) is 0 Å². The molecule has 0 atom stereocenters. The Morgan fingerprint density at radius 3 is 2.57 bits per heavy atom. The highest BCUT2D eigenvalue weighted by Crippen LogP contribution is 2.13. The molecule has 21 heavy (non-hydrogen) atoms. The zero-order chi connectivity index (χ0) is 15.1. The number of nitrogens with one attached hydrogen (secondary N) is 1. The highest BCUT2D eigenvalue weighted by molar-refractivity contribution is 5.90. The third-order valence-corrected chi connectivity index (χ3v) is 4.00. The molecule has 0 aromatic heterocycles. The minimum absolute atomic E-state index is 0.0596. The van der Waals surface area contributed by atoms with E-state index in [0.29, 0.717) is 19.1 Å². The molecule has 3 N–H and O–H groups in total. The highest BCUT2D eigenvalue weighted by atomic mass is 16.5. The zero-order valence-corrected chi connectivity index (χ0v) is 12.7. The second-order valence-electron chi connectivity index (χ2n) is 5.48. The topological polar surface area (TPSA) is 67.6 Å². The molecule has 2 rings (SSSR count). The number of likely N-dealkylation sites (tertiary alicyclic amines) is 1. The predicted molar refractivity (Wildman–Crippen MR) is 84.1 cm³/mol. The molecule has 1 fully saturated rings. The van der Waals surface area contributed by atoms with Crippen LogP contribution in [-0.2, 0) is 16.1 Å². The van der Waals surface area contributed by atoms with Gasteiger partial charge in [-0.05, 0) is 30.5 Å². The molecule has 1 heterocycles. The van der Waals surface area contributed by atoms with E-state index in [1.807, 2.05) is 24.3 Å². The Kier molecular flexibility index (Phi) is 6.17. The van der Waals surface area contributed by atoms with E-state index in [1.165, 1.54) is 0 Å².